The van der Waals surface area contributed by atoms with E-state index in [9.17, 15) is 9.59 Å². The van der Waals surface area contributed by atoms with Crippen LogP contribution in [0.3, 0.4) is 0 Å². The second-order valence-electron chi connectivity index (χ2n) is 4.04. The summed E-state index contributed by atoms with van der Waals surface area (Å²) in [6.07, 6.45) is 0.612. The molecular weight excluding hydrogens is 320 g/mol. The predicted octanol–water partition coefficient (Wildman–Crippen LogP) is 5.38. The smallest absolute Gasteiger partial charge is 0.212 e. The lowest BCUT2D eigenvalue weighted by Gasteiger charge is -1.89. The second-order valence-corrected chi connectivity index (χ2v) is 6.88. The lowest BCUT2D eigenvalue weighted by atomic mass is 10.3. The van der Waals surface area contributed by atoms with E-state index in [4.69, 9.17) is 0 Å². The summed E-state index contributed by atoms with van der Waals surface area (Å²) in [5, 5.41) is 5.75. The SMILES string of the molecule is CCC(=O)c1cccs1.O=C(c1cccs1)c1cccs1. The molecule has 0 atom stereocenters. The molecule has 0 saturated carbocycles. The lowest BCUT2D eigenvalue weighted by molar-refractivity contribution is 0.0991. The van der Waals surface area contributed by atoms with E-state index in [1.54, 1.807) is 0 Å². The van der Waals surface area contributed by atoms with Crippen molar-refractivity contribution >= 4 is 45.6 Å². The van der Waals surface area contributed by atoms with Crippen LogP contribution in [0.15, 0.2) is 52.5 Å². The van der Waals surface area contributed by atoms with E-state index < -0.39 is 0 Å². The number of Topliss-reactive ketones (excluding diaryl/α,β-unsaturated/α-hetero) is 1. The summed E-state index contributed by atoms with van der Waals surface area (Å²) in [6, 6.07) is 11.3. The number of hydrogen-bond donors (Lipinski definition) is 0. The van der Waals surface area contributed by atoms with Gasteiger partial charge in [-0.3, -0.25) is 9.59 Å². The average Bonchev–Trinajstić information content (AvgIpc) is 3.29. The first-order chi connectivity index (χ1) is 10.2. The van der Waals surface area contributed by atoms with Gasteiger partial charge in [-0.15, -0.1) is 34.0 Å². The zero-order valence-electron chi connectivity index (χ0n) is 11.4. The molecule has 3 aromatic rings. The van der Waals surface area contributed by atoms with Crippen LogP contribution in [0.2, 0.25) is 0 Å². The molecule has 0 spiro atoms. The molecule has 0 aliphatic rings. The highest BCUT2D eigenvalue weighted by molar-refractivity contribution is 7.15. The van der Waals surface area contributed by atoms with Crippen LogP contribution >= 0.6 is 34.0 Å². The van der Waals surface area contributed by atoms with Crippen molar-refractivity contribution in [2.45, 2.75) is 13.3 Å². The van der Waals surface area contributed by atoms with E-state index in [1.165, 1.54) is 34.0 Å². The molecule has 2 nitrogen and oxygen atoms in total. The van der Waals surface area contributed by atoms with Crippen LogP contribution in [0, 0.1) is 0 Å². The topological polar surface area (TPSA) is 34.1 Å². The van der Waals surface area contributed by atoms with Crippen molar-refractivity contribution in [2.24, 2.45) is 0 Å². The molecular formula is C16H14O2S3. The van der Waals surface area contributed by atoms with Gasteiger partial charge in [0.05, 0.1) is 14.6 Å². The van der Waals surface area contributed by atoms with Crippen molar-refractivity contribution in [1.82, 2.24) is 0 Å². The van der Waals surface area contributed by atoms with Crippen LogP contribution in [0.1, 0.15) is 37.6 Å². The molecule has 3 aromatic heterocycles. The van der Waals surface area contributed by atoms with Crippen molar-refractivity contribution in [2.75, 3.05) is 0 Å². The molecule has 0 fully saturated rings. The fraction of sp³-hybridized carbons (Fsp3) is 0.125. The third-order valence-electron chi connectivity index (χ3n) is 2.61. The van der Waals surface area contributed by atoms with Crippen molar-refractivity contribution < 1.29 is 9.59 Å². The highest BCUT2D eigenvalue weighted by Gasteiger charge is 2.09. The Morgan fingerprint density at radius 2 is 1.24 bits per heavy atom. The van der Waals surface area contributed by atoms with E-state index >= 15 is 0 Å². The van der Waals surface area contributed by atoms with Crippen LogP contribution in [0.5, 0.6) is 0 Å². The first-order valence-electron chi connectivity index (χ1n) is 6.40. The Bertz CT molecular complexity index is 629. The normalized spacial score (nSPS) is 9.76. The Kier molecular flexibility index (Phi) is 6.04. The minimum absolute atomic E-state index is 0.139. The largest absolute Gasteiger partial charge is 0.293 e. The van der Waals surface area contributed by atoms with Gasteiger partial charge < -0.3 is 0 Å². The van der Waals surface area contributed by atoms with Gasteiger partial charge in [-0.05, 0) is 34.3 Å². The Morgan fingerprint density at radius 1 is 0.810 bits per heavy atom. The summed E-state index contributed by atoms with van der Waals surface area (Å²) in [4.78, 5) is 25.0. The van der Waals surface area contributed by atoms with Gasteiger partial charge >= 0.3 is 0 Å². The highest BCUT2D eigenvalue weighted by atomic mass is 32.1. The van der Waals surface area contributed by atoms with Gasteiger partial charge in [0.25, 0.3) is 0 Å². The van der Waals surface area contributed by atoms with Crippen molar-refractivity contribution in [3.8, 4) is 0 Å². The fourth-order valence-corrected chi connectivity index (χ4v) is 3.71. The standard InChI is InChI=1S/C9H6OS2.C7H8OS/c10-9(7-3-1-5-11-7)8-4-2-6-12-8;1-2-6(8)7-4-3-5-9-7/h1-6H;3-5H,2H2,1H3. The van der Waals surface area contributed by atoms with Gasteiger partial charge in [0, 0.05) is 6.42 Å². The number of rotatable bonds is 4. The first kappa shape index (κ1) is 15.8. The highest BCUT2D eigenvalue weighted by Crippen LogP contribution is 2.18. The Morgan fingerprint density at radius 3 is 1.57 bits per heavy atom. The second kappa shape index (κ2) is 8.02. The number of ketones is 2. The molecule has 0 N–H and O–H groups in total. The van der Waals surface area contributed by atoms with E-state index in [-0.39, 0.29) is 11.6 Å². The molecule has 21 heavy (non-hydrogen) atoms. The molecule has 0 saturated heterocycles. The molecule has 108 valence electrons. The van der Waals surface area contributed by atoms with Gasteiger partial charge in [-0.25, -0.2) is 0 Å². The molecule has 0 aliphatic heterocycles. The summed E-state index contributed by atoms with van der Waals surface area (Å²) in [7, 11) is 0. The molecule has 3 heterocycles. The summed E-state index contributed by atoms with van der Waals surface area (Å²) in [5.41, 5.74) is 0. The van der Waals surface area contributed by atoms with E-state index in [2.05, 4.69) is 0 Å². The first-order valence-corrected chi connectivity index (χ1v) is 9.04. The number of carbonyl (C=O) groups excluding carboxylic acids is 2. The van der Waals surface area contributed by atoms with Crippen LogP contribution in [0.4, 0.5) is 0 Å². The Hall–Kier alpha value is -1.56. The number of hydrogen-bond acceptors (Lipinski definition) is 5. The number of thiophene rings is 3. The van der Waals surface area contributed by atoms with Gasteiger partial charge in [0.1, 0.15) is 0 Å². The quantitative estimate of drug-likeness (QED) is 0.600. The summed E-state index contributed by atoms with van der Waals surface area (Å²) < 4.78 is 0. The van der Waals surface area contributed by atoms with Crippen LogP contribution in [-0.4, -0.2) is 11.6 Å². The molecule has 3 rings (SSSR count). The summed E-state index contributed by atoms with van der Waals surface area (Å²) in [6.45, 7) is 1.88. The summed E-state index contributed by atoms with van der Waals surface area (Å²) in [5.74, 6) is 0.380. The third kappa shape index (κ3) is 4.46. The predicted molar refractivity (Wildman–Crippen MR) is 91.0 cm³/mol. The summed E-state index contributed by atoms with van der Waals surface area (Å²) >= 11 is 4.48. The van der Waals surface area contributed by atoms with Gasteiger partial charge in [0.15, 0.2) is 5.78 Å². The maximum atomic E-state index is 11.6. The molecule has 0 unspecified atom stereocenters. The third-order valence-corrected chi connectivity index (χ3v) is 5.26. The monoisotopic (exact) mass is 334 g/mol. The van der Waals surface area contributed by atoms with E-state index in [0.717, 1.165) is 14.6 Å². The minimum atomic E-state index is 0.139. The van der Waals surface area contributed by atoms with Crippen LogP contribution in [-0.2, 0) is 0 Å². The van der Waals surface area contributed by atoms with E-state index in [0.29, 0.717) is 6.42 Å². The van der Waals surface area contributed by atoms with Crippen LogP contribution < -0.4 is 0 Å². The molecule has 0 bridgehead atoms. The molecule has 0 amide bonds. The Labute approximate surface area is 135 Å². The average molecular weight is 334 g/mol. The Balaban J connectivity index is 0.000000161. The zero-order valence-corrected chi connectivity index (χ0v) is 13.9. The molecule has 0 aromatic carbocycles. The lowest BCUT2D eigenvalue weighted by Crippen LogP contribution is -1.93. The minimum Gasteiger partial charge on any atom is -0.293 e. The molecule has 5 heteroatoms. The molecule has 0 aliphatic carbocycles. The maximum absolute atomic E-state index is 11.6. The van der Waals surface area contributed by atoms with Gasteiger partial charge in [-0.1, -0.05) is 25.1 Å². The van der Waals surface area contributed by atoms with Gasteiger partial charge in [0.2, 0.25) is 5.78 Å². The van der Waals surface area contributed by atoms with Crippen LogP contribution in [0.25, 0.3) is 0 Å². The fourth-order valence-electron chi connectivity index (χ4n) is 1.55. The van der Waals surface area contributed by atoms with Crippen molar-refractivity contribution in [3.63, 3.8) is 0 Å². The number of carbonyl (C=O) groups is 2. The van der Waals surface area contributed by atoms with Crippen molar-refractivity contribution in [3.05, 3.63) is 67.2 Å². The van der Waals surface area contributed by atoms with E-state index in [1.807, 2.05) is 59.5 Å². The molecule has 0 radical (unpaired) electrons. The van der Waals surface area contributed by atoms with Gasteiger partial charge in [-0.2, -0.15) is 0 Å². The van der Waals surface area contributed by atoms with Crippen molar-refractivity contribution in [1.29, 1.82) is 0 Å². The maximum Gasteiger partial charge on any atom is 0.212 e. The zero-order chi connectivity index (χ0) is 15.1.